The molecule has 0 unspecified atom stereocenters. The summed E-state index contributed by atoms with van der Waals surface area (Å²) in [5, 5.41) is 0.338. The van der Waals surface area contributed by atoms with Crippen LogP contribution in [0.3, 0.4) is 0 Å². The van der Waals surface area contributed by atoms with E-state index < -0.39 is 0 Å². The maximum Gasteiger partial charge on any atom is 0.224 e. The van der Waals surface area contributed by atoms with Crippen molar-refractivity contribution >= 4 is 17.4 Å². The number of nitrogens with zero attached hydrogens (tertiary/aromatic N) is 3. The first-order valence-electron chi connectivity index (χ1n) is 6.45. The van der Waals surface area contributed by atoms with Crippen LogP contribution in [0.1, 0.15) is 29.2 Å². The van der Waals surface area contributed by atoms with Gasteiger partial charge in [-0.2, -0.15) is 0 Å². The number of hydrogen-bond donors (Lipinski definition) is 0. The van der Waals surface area contributed by atoms with Gasteiger partial charge < -0.3 is 4.90 Å². The van der Waals surface area contributed by atoms with E-state index in [4.69, 9.17) is 11.6 Å². The van der Waals surface area contributed by atoms with Gasteiger partial charge in [0, 0.05) is 25.6 Å². The van der Waals surface area contributed by atoms with Crippen molar-refractivity contribution in [2.24, 2.45) is 0 Å². The Morgan fingerprint density at radius 1 is 1.16 bits per heavy atom. The fourth-order valence-corrected chi connectivity index (χ4v) is 2.97. The highest BCUT2D eigenvalue weighted by Crippen LogP contribution is 2.40. The minimum Gasteiger partial charge on any atom is -0.362 e. The molecule has 1 aliphatic rings. The van der Waals surface area contributed by atoms with Gasteiger partial charge in [0.2, 0.25) is 5.28 Å². The SMILES string of the molecule is CN(C)c1nc(Cl)nc2c1CC[C@H]2c1ccccc1. The van der Waals surface area contributed by atoms with E-state index in [2.05, 4.69) is 34.2 Å². The van der Waals surface area contributed by atoms with Gasteiger partial charge in [-0.1, -0.05) is 30.3 Å². The summed E-state index contributed by atoms with van der Waals surface area (Å²) in [6.07, 6.45) is 2.09. The third kappa shape index (κ3) is 2.19. The summed E-state index contributed by atoms with van der Waals surface area (Å²) < 4.78 is 0. The summed E-state index contributed by atoms with van der Waals surface area (Å²) >= 11 is 6.08. The van der Waals surface area contributed by atoms with E-state index in [1.54, 1.807) is 0 Å². The molecule has 3 rings (SSSR count). The Morgan fingerprint density at radius 2 is 1.89 bits per heavy atom. The first-order valence-corrected chi connectivity index (χ1v) is 6.83. The van der Waals surface area contributed by atoms with Crippen LogP contribution >= 0.6 is 11.6 Å². The Morgan fingerprint density at radius 3 is 2.58 bits per heavy atom. The highest BCUT2D eigenvalue weighted by molar-refractivity contribution is 6.28. The summed E-state index contributed by atoms with van der Waals surface area (Å²) in [6.45, 7) is 0. The Kier molecular flexibility index (Phi) is 3.15. The van der Waals surface area contributed by atoms with Gasteiger partial charge in [0.1, 0.15) is 5.82 Å². The van der Waals surface area contributed by atoms with Gasteiger partial charge in [0.25, 0.3) is 0 Å². The van der Waals surface area contributed by atoms with Crippen molar-refractivity contribution in [3.63, 3.8) is 0 Å². The third-order valence-corrected chi connectivity index (χ3v) is 3.80. The molecule has 0 amide bonds. The molecular formula is C15H16ClN3. The Balaban J connectivity index is 2.10. The number of benzene rings is 1. The molecule has 1 heterocycles. The second-order valence-corrected chi connectivity index (χ2v) is 5.41. The van der Waals surface area contributed by atoms with Crippen molar-refractivity contribution in [1.29, 1.82) is 0 Å². The number of hydrogen-bond acceptors (Lipinski definition) is 3. The highest BCUT2D eigenvalue weighted by atomic mass is 35.5. The van der Waals surface area contributed by atoms with Crippen LogP contribution in [0, 0.1) is 0 Å². The maximum absolute atomic E-state index is 6.08. The van der Waals surface area contributed by atoms with E-state index in [9.17, 15) is 0 Å². The lowest BCUT2D eigenvalue weighted by Crippen LogP contribution is -2.14. The molecule has 98 valence electrons. The van der Waals surface area contributed by atoms with Crippen molar-refractivity contribution in [3.05, 3.63) is 52.4 Å². The van der Waals surface area contributed by atoms with Gasteiger partial charge in [-0.15, -0.1) is 0 Å². The lowest BCUT2D eigenvalue weighted by Gasteiger charge is -2.17. The molecule has 1 aliphatic carbocycles. The van der Waals surface area contributed by atoms with Crippen LogP contribution in [0.4, 0.5) is 5.82 Å². The number of fused-ring (bicyclic) bond motifs is 1. The van der Waals surface area contributed by atoms with Crippen molar-refractivity contribution in [1.82, 2.24) is 9.97 Å². The van der Waals surface area contributed by atoms with E-state index in [1.165, 1.54) is 11.1 Å². The van der Waals surface area contributed by atoms with Crippen molar-refractivity contribution < 1.29 is 0 Å². The number of halogens is 1. The number of aromatic nitrogens is 2. The summed E-state index contributed by atoms with van der Waals surface area (Å²) in [7, 11) is 3.99. The fourth-order valence-electron chi connectivity index (χ4n) is 2.79. The summed E-state index contributed by atoms with van der Waals surface area (Å²) in [6, 6.07) is 10.5. The average molecular weight is 274 g/mol. The van der Waals surface area contributed by atoms with Crippen LogP contribution in [-0.2, 0) is 6.42 Å². The standard InChI is InChI=1S/C15H16ClN3/c1-19(2)14-12-9-8-11(10-6-4-3-5-7-10)13(12)17-15(16)18-14/h3-7,11H,8-9H2,1-2H3/t11-/m0/s1. The lowest BCUT2D eigenvalue weighted by atomic mass is 9.97. The lowest BCUT2D eigenvalue weighted by molar-refractivity contribution is 0.771. The zero-order valence-corrected chi connectivity index (χ0v) is 11.9. The van der Waals surface area contributed by atoms with Crippen molar-refractivity contribution in [2.75, 3.05) is 19.0 Å². The quantitative estimate of drug-likeness (QED) is 0.787. The maximum atomic E-state index is 6.08. The Hall–Kier alpha value is -1.61. The van der Waals surface area contributed by atoms with Gasteiger partial charge in [-0.25, -0.2) is 9.97 Å². The Labute approximate surface area is 118 Å². The molecule has 1 aromatic heterocycles. The molecule has 0 bridgehead atoms. The monoisotopic (exact) mass is 273 g/mol. The van der Waals surface area contributed by atoms with Gasteiger partial charge in [-0.3, -0.25) is 0 Å². The topological polar surface area (TPSA) is 29.0 Å². The molecule has 3 nitrogen and oxygen atoms in total. The molecule has 4 heteroatoms. The van der Waals surface area contributed by atoms with Gasteiger partial charge in [0.15, 0.2) is 0 Å². The van der Waals surface area contributed by atoms with E-state index in [0.717, 1.165) is 24.4 Å². The zero-order valence-electron chi connectivity index (χ0n) is 11.1. The van der Waals surface area contributed by atoms with E-state index >= 15 is 0 Å². The molecule has 0 saturated carbocycles. The molecule has 0 radical (unpaired) electrons. The molecule has 1 atom stereocenters. The summed E-state index contributed by atoms with van der Waals surface area (Å²) in [4.78, 5) is 10.8. The van der Waals surface area contributed by atoms with E-state index in [1.807, 2.05) is 25.1 Å². The van der Waals surface area contributed by atoms with Crippen LogP contribution in [-0.4, -0.2) is 24.1 Å². The Bertz CT molecular complexity index is 596. The van der Waals surface area contributed by atoms with Crippen molar-refractivity contribution in [2.45, 2.75) is 18.8 Å². The number of anilines is 1. The van der Waals surface area contributed by atoms with Gasteiger partial charge >= 0.3 is 0 Å². The van der Waals surface area contributed by atoms with Crippen molar-refractivity contribution in [3.8, 4) is 0 Å². The second kappa shape index (κ2) is 4.82. The predicted molar refractivity (Wildman–Crippen MR) is 78.0 cm³/mol. The second-order valence-electron chi connectivity index (χ2n) is 5.08. The largest absolute Gasteiger partial charge is 0.362 e. The molecule has 0 fully saturated rings. The molecule has 0 N–H and O–H groups in total. The minimum atomic E-state index is 0.338. The molecule has 2 aromatic rings. The average Bonchev–Trinajstić information content (AvgIpc) is 2.82. The zero-order chi connectivity index (χ0) is 13.4. The first kappa shape index (κ1) is 12.4. The normalized spacial score (nSPS) is 17.3. The molecule has 1 aromatic carbocycles. The number of rotatable bonds is 2. The summed E-state index contributed by atoms with van der Waals surface area (Å²) in [5.41, 5.74) is 3.64. The van der Waals surface area contributed by atoms with Crippen LogP contribution in [0.5, 0.6) is 0 Å². The van der Waals surface area contributed by atoms with Crippen LogP contribution in [0.25, 0.3) is 0 Å². The molecule has 0 spiro atoms. The molecule has 0 aliphatic heterocycles. The minimum absolute atomic E-state index is 0.338. The van der Waals surface area contributed by atoms with Gasteiger partial charge in [0.05, 0.1) is 5.69 Å². The molecule has 19 heavy (non-hydrogen) atoms. The third-order valence-electron chi connectivity index (χ3n) is 3.63. The highest BCUT2D eigenvalue weighted by Gasteiger charge is 2.29. The van der Waals surface area contributed by atoms with Crippen LogP contribution in [0.2, 0.25) is 5.28 Å². The first-order chi connectivity index (χ1) is 9.16. The molecular weight excluding hydrogens is 258 g/mol. The van der Waals surface area contributed by atoms with Crippen LogP contribution < -0.4 is 4.90 Å². The molecule has 0 saturated heterocycles. The summed E-state index contributed by atoms with van der Waals surface area (Å²) in [5.74, 6) is 1.30. The fraction of sp³-hybridized carbons (Fsp3) is 0.333. The predicted octanol–water partition coefficient (Wildman–Crippen LogP) is 3.27. The smallest absolute Gasteiger partial charge is 0.224 e. The van der Waals surface area contributed by atoms with Gasteiger partial charge in [-0.05, 0) is 30.0 Å². The van der Waals surface area contributed by atoms with E-state index in [-0.39, 0.29) is 0 Å². The van der Waals surface area contributed by atoms with Crippen LogP contribution in [0.15, 0.2) is 30.3 Å². The van der Waals surface area contributed by atoms with E-state index in [0.29, 0.717) is 11.2 Å².